The fourth-order valence-corrected chi connectivity index (χ4v) is 2.98. The van der Waals surface area contributed by atoms with Gasteiger partial charge in [-0.3, -0.25) is 0 Å². The van der Waals surface area contributed by atoms with E-state index in [0.29, 0.717) is 11.6 Å². The zero-order valence-corrected chi connectivity index (χ0v) is 10.6. The van der Waals surface area contributed by atoms with E-state index in [1.165, 1.54) is 6.20 Å². The monoisotopic (exact) mass is 271 g/mol. The van der Waals surface area contributed by atoms with Crippen molar-refractivity contribution in [1.82, 2.24) is 9.97 Å². The highest BCUT2D eigenvalue weighted by Gasteiger charge is 2.26. The minimum atomic E-state index is -3.00. The fourth-order valence-electron chi connectivity index (χ4n) is 1.77. The average molecular weight is 271 g/mol. The van der Waals surface area contributed by atoms with Gasteiger partial charge in [-0.25, -0.2) is 23.2 Å². The normalized spacial score (nSPS) is 18.6. The Kier molecular flexibility index (Phi) is 3.20. The first kappa shape index (κ1) is 12.7. The van der Waals surface area contributed by atoms with E-state index in [-0.39, 0.29) is 30.2 Å². The van der Waals surface area contributed by atoms with Crippen LogP contribution in [0.2, 0.25) is 0 Å². The SMILES string of the molecule is Cc1ncc(C(=O)O)c(N2CCS(=O)(=O)CC2)n1. The Bertz CT molecular complexity index is 571. The smallest absolute Gasteiger partial charge is 0.341 e. The third-order valence-corrected chi connectivity index (χ3v) is 4.37. The molecule has 0 saturated carbocycles. The number of aromatic carboxylic acids is 1. The molecule has 98 valence electrons. The lowest BCUT2D eigenvalue weighted by Crippen LogP contribution is -2.41. The molecule has 1 saturated heterocycles. The van der Waals surface area contributed by atoms with Crippen LogP contribution in [0.5, 0.6) is 0 Å². The summed E-state index contributed by atoms with van der Waals surface area (Å²) in [6, 6.07) is 0. The van der Waals surface area contributed by atoms with Gasteiger partial charge in [0.25, 0.3) is 0 Å². The highest BCUT2D eigenvalue weighted by molar-refractivity contribution is 7.91. The van der Waals surface area contributed by atoms with Gasteiger partial charge >= 0.3 is 5.97 Å². The summed E-state index contributed by atoms with van der Waals surface area (Å²) in [5, 5.41) is 9.06. The van der Waals surface area contributed by atoms with Gasteiger partial charge in [-0.05, 0) is 6.92 Å². The number of anilines is 1. The molecule has 0 aromatic carbocycles. The van der Waals surface area contributed by atoms with Gasteiger partial charge in [0.2, 0.25) is 0 Å². The third-order valence-electron chi connectivity index (χ3n) is 2.76. The van der Waals surface area contributed by atoms with Crippen LogP contribution in [0.4, 0.5) is 5.82 Å². The van der Waals surface area contributed by atoms with Crippen molar-refractivity contribution >= 4 is 21.6 Å². The van der Waals surface area contributed by atoms with Crippen LogP contribution in [0.3, 0.4) is 0 Å². The average Bonchev–Trinajstić information content (AvgIpc) is 2.28. The Hall–Kier alpha value is -1.70. The number of aryl methyl sites for hydroxylation is 1. The van der Waals surface area contributed by atoms with Crippen molar-refractivity contribution in [3.8, 4) is 0 Å². The van der Waals surface area contributed by atoms with Crippen LogP contribution in [-0.4, -0.2) is 54.1 Å². The molecule has 1 aromatic rings. The molecule has 0 radical (unpaired) electrons. The Labute approximate surface area is 104 Å². The van der Waals surface area contributed by atoms with Crippen molar-refractivity contribution in [2.24, 2.45) is 0 Å². The molecule has 1 aliphatic heterocycles. The lowest BCUT2D eigenvalue weighted by atomic mass is 10.3. The van der Waals surface area contributed by atoms with E-state index in [0.717, 1.165) is 0 Å². The molecule has 7 nitrogen and oxygen atoms in total. The molecule has 0 aliphatic carbocycles. The standard InChI is InChI=1S/C10H13N3O4S/c1-7-11-6-8(10(14)15)9(12-7)13-2-4-18(16,17)5-3-13/h6H,2-5H2,1H3,(H,14,15). The van der Waals surface area contributed by atoms with Crippen LogP contribution < -0.4 is 4.90 Å². The first-order chi connectivity index (χ1) is 8.39. The topological polar surface area (TPSA) is 100 Å². The molecular formula is C10H13N3O4S. The highest BCUT2D eigenvalue weighted by atomic mass is 32.2. The van der Waals surface area contributed by atoms with Crippen molar-refractivity contribution in [2.45, 2.75) is 6.92 Å². The van der Waals surface area contributed by atoms with Gasteiger partial charge in [-0.2, -0.15) is 0 Å². The summed E-state index contributed by atoms with van der Waals surface area (Å²) in [4.78, 5) is 20.7. The molecular weight excluding hydrogens is 258 g/mol. The van der Waals surface area contributed by atoms with E-state index in [9.17, 15) is 13.2 Å². The first-order valence-electron chi connectivity index (χ1n) is 5.41. The summed E-state index contributed by atoms with van der Waals surface area (Å²) in [5.74, 6) is -0.309. The summed E-state index contributed by atoms with van der Waals surface area (Å²) in [6.45, 7) is 2.19. The number of carboxylic acids is 1. The summed E-state index contributed by atoms with van der Waals surface area (Å²) in [7, 11) is -3.00. The molecule has 1 N–H and O–H groups in total. The van der Waals surface area contributed by atoms with Gasteiger partial charge in [0.1, 0.15) is 17.2 Å². The van der Waals surface area contributed by atoms with E-state index in [2.05, 4.69) is 9.97 Å². The number of hydrogen-bond acceptors (Lipinski definition) is 6. The molecule has 0 bridgehead atoms. The lowest BCUT2D eigenvalue weighted by molar-refractivity contribution is 0.0696. The van der Waals surface area contributed by atoms with Crippen LogP contribution in [0, 0.1) is 6.92 Å². The third kappa shape index (κ3) is 2.58. The van der Waals surface area contributed by atoms with Crippen LogP contribution >= 0.6 is 0 Å². The van der Waals surface area contributed by atoms with E-state index in [4.69, 9.17) is 5.11 Å². The van der Waals surface area contributed by atoms with E-state index < -0.39 is 15.8 Å². The van der Waals surface area contributed by atoms with Crippen molar-refractivity contribution in [2.75, 3.05) is 29.5 Å². The number of nitrogens with zero attached hydrogens (tertiary/aromatic N) is 3. The van der Waals surface area contributed by atoms with Crippen molar-refractivity contribution in [1.29, 1.82) is 0 Å². The lowest BCUT2D eigenvalue weighted by Gasteiger charge is -2.28. The zero-order valence-electron chi connectivity index (χ0n) is 9.83. The first-order valence-corrected chi connectivity index (χ1v) is 7.23. The van der Waals surface area contributed by atoms with Gasteiger partial charge in [0, 0.05) is 19.3 Å². The van der Waals surface area contributed by atoms with Gasteiger partial charge in [-0.15, -0.1) is 0 Å². The minimum absolute atomic E-state index is 0.0000945. The molecule has 0 amide bonds. The van der Waals surface area contributed by atoms with Crippen LogP contribution in [-0.2, 0) is 9.84 Å². The Morgan fingerprint density at radius 3 is 2.56 bits per heavy atom. The van der Waals surface area contributed by atoms with Crippen molar-refractivity contribution in [3.05, 3.63) is 17.6 Å². The fraction of sp³-hybridized carbons (Fsp3) is 0.500. The summed E-state index contributed by atoms with van der Waals surface area (Å²) in [6.07, 6.45) is 1.25. The quantitative estimate of drug-likeness (QED) is 0.789. The maximum absolute atomic E-state index is 11.3. The van der Waals surface area contributed by atoms with E-state index in [1.54, 1.807) is 11.8 Å². The molecule has 18 heavy (non-hydrogen) atoms. The van der Waals surface area contributed by atoms with Gasteiger partial charge in [0.05, 0.1) is 11.5 Å². The second-order valence-electron chi connectivity index (χ2n) is 4.10. The molecule has 2 heterocycles. The minimum Gasteiger partial charge on any atom is -0.477 e. The molecule has 1 aliphatic rings. The van der Waals surface area contributed by atoms with Gasteiger partial charge in [0.15, 0.2) is 9.84 Å². The van der Waals surface area contributed by atoms with E-state index in [1.807, 2.05) is 0 Å². The molecule has 1 aromatic heterocycles. The number of sulfone groups is 1. The molecule has 0 spiro atoms. The number of hydrogen-bond donors (Lipinski definition) is 1. The summed E-state index contributed by atoms with van der Waals surface area (Å²) < 4.78 is 22.7. The Balaban J connectivity index is 2.33. The predicted octanol–water partition coefficient (Wildman–Crippen LogP) is -0.282. The molecule has 2 rings (SSSR count). The summed E-state index contributed by atoms with van der Waals surface area (Å²) >= 11 is 0. The number of carboxylic acid groups (broad SMARTS) is 1. The maximum atomic E-state index is 11.3. The largest absolute Gasteiger partial charge is 0.477 e. The summed E-state index contributed by atoms with van der Waals surface area (Å²) in [5.41, 5.74) is -0.0000945. The van der Waals surface area contributed by atoms with Crippen LogP contribution in [0.1, 0.15) is 16.2 Å². The molecule has 0 unspecified atom stereocenters. The number of aromatic nitrogens is 2. The maximum Gasteiger partial charge on any atom is 0.341 e. The van der Waals surface area contributed by atoms with Crippen molar-refractivity contribution < 1.29 is 18.3 Å². The van der Waals surface area contributed by atoms with Gasteiger partial charge < -0.3 is 10.0 Å². The Morgan fingerprint density at radius 2 is 2.00 bits per heavy atom. The second-order valence-corrected chi connectivity index (χ2v) is 6.40. The van der Waals surface area contributed by atoms with Crippen LogP contribution in [0.25, 0.3) is 0 Å². The van der Waals surface area contributed by atoms with Crippen molar-refractivity contribution in [3.63, 3.8) is 0 Å². The Morgan fingerprint density at radius 1 is 1.39 bits per heavy atom. The van der Waals surface area contributed by atoms with E-state index >= 15 is 0 Å². The predicted molar refractivity (Wildman–Crippen MR) is 64.6 cm³/mol. The van der Waals surface area contributed by atoms with Gasteiger partial charge in [-0.1, -0.05) is 0 Å². The number of carbonyl (C=O) groups is 1. The highest BCUT2D eigenvalue weighted by Crippen LogP contribution is 2.19. The second kappa shape index (κ2) is 4.52. The molecule has 0 atom stereocenters. The zero-order chi connectivity index (χ0) is 13.3. The number of rotatable bonds is 2. The molecule has 1 fully saturated rings. The molecule has 8 heteroatoms. The van der Waals surface area contributed by atoms with Crippen LogP contribution in [0.15, 0.2) is 6.20 Å².